The molecule has 0 amide bonds. The summed E-state index contributed by atoms with van der Waals surface area (Å²) in [4.78, 5) is 10.3. The van der Waals surface area contributed by atoms with Crippen molar-refractivity contribution in [3.05, 3.63) is 241 Å². The zero-order valence-corrected chi connectivity index (χ0v) is 33.2. The molecule has 10 aromatic carbocycles. The van der Waals surface area contributed by atoms with Crippen LogP contribution in [0.3, 0.4) is 0 Å². The molecule has 2 aliphatic rings. The Morgan fingerprint density at radius 2 is 0.803 bits per heavy atom. The first-order chi connectivity index (χ1) is 30.2. The van der Waals surface area contributed by atoms with E-state index in [1.807, 2.05) is 18.2 Å². The summed E-state index contributed by atoms with van der Waals surface area (Å²) < 4.78 is 0. The molecule has 2 aliphatic carbocycles. The van der Waals surface area contributed by atoms with Crippen LogP contribution in [0.4, 0.5) is 0 Å². The van der Waals surface area contributed by atoms with Crippen LogP contribution in [0.1, 0.15) is 22.3 Å². The Hall–Kier alpha value is -7.94. The second-order valence-electron chi connectivity index (χ2n) is 16.4. The van der Waals surface area contributed by atoms with Crippen molar-refractivity contribution in [2.75, 3.05) is 0 Å². The van der Waals surface area contributed by atoms with Crippen LogP contribution in [0.15, 0.2) is 218 Å². The Kier molecular flexibility index (Phi) is 7.26. The Bertz CT molecular complexity index is 3530. The summed E-state index contributed by atoms with van der Waals surface area (Å²) in [6.45, 7) is 0. The zero-order chi connectivity index (χ0) is 40.1. The van der Waals surface area contributed by atoms with Gasteiger partial charge in [-0.05, 0) is 100 Å². The van der Waals surface area contributed by atoms with Gasteiger partial charge in [0.25, 0.3) is 0 Å². The molecule has 11 aromatic rings. The topological polar surface area (TPSA) is 25.8 Å². The third-order valence-electron chi connectivity index (χ3n) is 13.3. The zero-order valence-electron chi connectivity index (χ0n) is 33.2. The SMILES string of the molecule is c1ccc(-c2nc(-c3ccc(-c4ccc5c6c(ccc5c4)-c4ccc5ccccc5c4C64c5ccccc5-c5ccccc54)cc3)cc(-c3cccc4ccccc34)n2)cc1. The molecule has 282 valence electrons. The molecule has 0 fully saturated rings. The van der Waals surface area contributed by atoms with E-state index in [1.54, 1.807) is 0 Å². The predicted molar refractivity (Wildman–Crippen MR) is 253 cm³/mol. The molecule has 0 saturated heterocycles. The molecule has 2 nitrogen and oxygen atoms in total. The molecule has 1 aromatic heterocycles. The second kappa shape index (κ2) is 13.0. The van der Waals surface area contributed by atoms with E-state index in [2.05, 4.69) is 200 Å². The lowest BCUT2D eigenvalue weighted by atomic mass is 9.68. The van der Waals surface area contributed by atoms with E-state index in [1.165, 1.54) is 88.0 Å². The van der Waals surface area contributed by atoms with Gasteiger partial charge in [-0.15, -0.1) is 0 Å². The molecule has 1 spiro atoms. The fourth-order valence-corrected chi connectivity index (χ4v) is 10.7. The van der Waals surface area contributed by atoms with Crippen molar-refractivity contribution in [1.29, 1.82) is 0 Å². The summed E-state index contributed by atoms with van der Waals surface area (Å²) in [5, 5.41) is 7.49. The normalized spacial score (nSPS) is 13.0. The van der Waals surface area contributed by atoms with Gasteiger partial charge in [0.15, 0.2) is 5.82 Å². The molecule has 0 N–H and O–H groups in total. The molecule has 61 heavy (non-hydrogen) atoms. The maximum absolute atomic E-state index is 5.15. The van der Waals surface area contributed by atoms with E-state index in [4.69, 9.17) is 9.97 Å². The van der Waals surface area contributed by atoms with Gasteiger partial charge in [-0.3, -0.25) is 0 Å². The van der Waals surface area contributed by atoms with Gasteiger partial charge < -0.3 is 0 Å². The fourth-order valence-electron chi connectivity index (χ4n) is 10.7. The molecule has 0 unspecified atom stereocenters. The first-order valence-electron chi connectivity index (χ1n) is 21.1. The van der Waals surface area contributed by atoms with E-state index < -0.39 is 5.41 Å². The highest BCUT2D eigenvalue weighted by Gasteiger charge is 2.53. The minimum Gasteiger partial charge on any atom is -0.228 e. The van der Waals surface area contributed by atoms with Gasteiger partial charge in [0, 0.05) is 16.7 Å². The smallest absolute Gasteiger partial charge is 0.160 e. The summed E-state index contributed by atoms with van der Waals surface area (Å²) in [6, 6.07) is 79.8. The van der Waals surface area contributed by atoms with Crippen LogP contribution < -0.4 is 0 Å². The van der Waals surface area contributed by atoms with Crippen molar-refractivity contribution in [1.82, 2.24) is 9.97 Å². The third kappa shape index (κ3) is 4.91. The quantitative estimate of drug-likeness (QED) is 0.178. The number of hydrogen-bond acceptors (Lipinski definition) is 2. The monoisotopic (exact) mass is 772 g/mol. The fraction of sp³-hybridized carbons (Fsp3) is 0.0169. The van der Waals surface area contributed by atoms with Gasteiger partial charge in [-0.2, -0.15) is 0 Å². The molecule has 0 bridgehead atoms. The second-order valence-corrected chi connectivity index (χ2v) is 16.4. The van der Waals surface area contributed by atoms with Crippen LogP contribution in [0.2, 0.25) is 0 Å². The molecule has 0 aliphatic heterocycles. The van der Waals surface area contributed by atoms with Crippen LogP contribution in [0.5, 0.6) is 0 Å². The van der Waals surface area contributed by atoms with Crippen molar-refractivity contribution < 1.29 is 0 Å². The standard InChI is InChI=1S/C59H36N2/c1-2-15-41(16-3-1)58-60-54(36-55(61-58)49-22-12-17-38-13-4-6-18-44(38)49)40-27-25-37(26-28-40)42-30-32-46-43(35-42)31-34-51-50-33-29-39-14-5-7-19-45(39)56(50)59(57(46)51)52-23-10-8-20-47(52)48-21-9-11-24-53(48)59/h1-36H. The van der Waals surface area contributed by atoms with Crippen molar-refractivity contribution >= 4 is 32.3 Å². The Morgan fingerprint density at radius 3 is 1.54 bits per heavy atom. The van der Waals surface area contributed by atoms with Crippen LogP contribution >= 0.6 is 0 Å². The van der Waals surface area contributed by atoms with Crippen LogP contribution in [-0.4, -0.2) is 9.97 Å². The minimum absolute atomic E-state index is 0.442. The summed E-state index contributed by atoms with van der Waals surface area (Å²) in [6.07, 6.45) is 0. The number of hydrogen-bond donors (Lipinski definition) is 0. The van der Waals surface area contributed by atoms with Gasteiger partial charge in [-0.1, -0.05) is 206 Å². The summed E-state index contributed by atoms with van der Waals surface area (Å²) >= 11 is 0. The number of aromatic nitrogens is 2. The molecular weight excluding hydrogens is 737 g/mol. The maximum Gasteiger partial charge on any atom is 0.160 e. The van der Waals surface area contributed by atoms with Crippen molar-refractivity contribution in [2.45, 2.75) is 5.41 Å². The molecule has 0 saturated carbocycles. The highest BCUT2D eigenvalue weighted by Crippen LogP contribution is 2.65. The number of benzene rings is 10. The number of rotatable bonds is 4. The molecule has 13 rings (SSSR count). The average Bonchev–Trinajstić information content (AvgIpc) is 3.81. The van der Waals surface area contributed by atoms with Gasteiger partial charge >= 0.3 is 0 Å². The Balaban J connectivity index is 0.955. The van der Waals surface area contributed by atoms with Crippen molar-refractivity contribution in [2.24, 2.45) is 0 Å². The highest BCUT2D eigenvalue weighted by atomic mass is 14.9. The lowest BCUT2D eigenvalue weighted by Gasteiger charge is -2.32. The molecular formula is C59H36N2. The van der Waals surface area contributed by atoms with Crippen LogP contribution in [0, 0.1) is 0 Å². The average molecular weight is 773 g/mol. The summed E-state index contributed by atoms with van der Waals surface area (Å²) in [5.74, 6) is 0.715. The lowest BCUT2D eigenvalue weighted by molar-refractivity contribution is 0.809. The van der Waals surface area contributed by atoms with Crippen LogP contribution in [0.25, 0.3) is 99.6 Å². The summed E-state index contributed by atoms with van der Waals surface area (Å²) in [5.41, 5.74) is 17.7. The van der Waals surface area contributed by atoms with Crippen molar-refractivity contribution in [3.8, 4) is 67.3 Å². The molecule has 0 radical (unpaired) electrons. The van der Waals surface area contributed by atoms with Gasteiger partial charge in [0.2, 0.25) is 0 Å². The molecule has 0 atom stereocenters. The first-order valence-corrected chi connectivity index (χ1v) is 21.1. The largest absolute Gasteiger partial charge is 0.228 e. The van der Waals surface area contributed by atoms with E-state index in [0.29, 0.717) is 5.82 Å². The van der Waals surface area contributed by atoms with E-state index in [-0.39, 0.29) is 0 Å². The first kappa shape index (κ1) is 34.0. The van der Waals surface area contributed by atoms with Gasteiger partial charge in [0.1, 0.15) is 0 Å². The Morgan fingerprint density at radius 1 is 0.279 bits per heavy atom. The predicted octanol–water partition coefficient (Wildman–Crippen LogP) is 14.9. The third-order valence-corrected chi connectivity index (χ3v) is 13.3. The number of nitrogens with zero attached hydrogens (tertiary/aromatic N) is 2. The highest BCUT2D eigenvalue weighted by molar-refractivity contribution is 6.09. The van der Waals surface area contributed by atoms with Crippen LogP contribution in [-0.2, 0) is 5.41 Å². The minimum atomic E-state index is -0.442. The Labute approximate surface area is 354 Å². The molecule has 1 heterocycles. The van der Waals surface area contributed by atoms with Crippen molar-refractivity contribution in [3.63, 3.8) is 0 Å². The maximum atomic E-state index is 5.15. The van der Waals surface area contributed by atoms with E-state index >= 15 is 0 Å². The lowest BCUT2D eigenvalue weighted by Crippen LogP contribution is -2.26. The molecule has 2 heteroatoms. The van der Waals surface area contributed by atoms with Gasteiger partial charge in [-0.25, -0.2) is 9.97 Å². The summed E-state index contributed by atoms with van der Waals surface area (Å²) in [7, 11) is 0. The number of fused-ring (bicyclic) bond motifs is 15. The van der Waals surface area contributed by atoms with E-state index in [0.717, 1.165) is 28.1 Å². The van der Waals surface area contributed by atoms with Gasteiger partial charge in [0.05, 0.1) is 16.8 Å². The van der Waals surface area contributed by atoms with E-state index in [9.17, 15) is 0 Å².